The Kier molecular flexibility index (Phi) is 5.95. The van der Waals surface area contributed by atoms with Crippen LogP contribution in [0.3, 0.4) is 0 Å². The molecular weight excluding hydrogens is 437 g/mol. The van der Waals surface area contributed by atoms with Crippen LogP contribution in [0.25, 0.3) is 10.9 Å². The number of nitrogens with zero attached hydrogens (tertiary/aromatic N) is 3. The molecule has 0 unspecified atom stereocenters. The number of nitrogens with one attached hydrogen (secondary N) is 1. The second kappa shape index (κ2) is 8.18. The molecule has 0 saturated heterocycles. The summed E-state index contributed by atoms with van der Waals surface area (Å²) in [5.41, 5.74) is 0.304. The molecule has 0 aliphatic carbocycles. The van der Waals surface area contributed by atoms with E-state index in [0.29, 0.717) is 15.7 Å². The number of hydrogen-bond acceptors (Lipinski definition) is 6. The molecule has 1 atom stereocenters. The van der Waals surface area contributed by atoms with Crippen molar-refractivity contribution in [3.63, 3.8) is 0 Å². The number of carbonyl (C=O) groups is 1. The van der Waals surface area contributed by atoms with Crippen molar-refractivity contribution in [3.05, 3.63) is 62.4 Å². The van der Waals surface area contributed by atoms with Crippen LogP contribution in [0.15, 0.2) is 29.1 Å². The normalized spacial score (nSPS) is 12.6. The third-order valence-electron chi connectivity index (χ3n) is 4.69. The molecule has 0 bridgehead atoms. The summed E-state index contributed by atoms with van der Waals surface area (Å²) in [6.45, 7) is 3.38. The first-order chi connectivity index (χ1) is 14.4. The van der Waals surface area contributed by atoms with Crippen LogP contribution in [0.5, 0.6) is 0 Å². The Hall–Kier alpha value is -3.14. The van der Waals surface area contributed by atoms with Gasteiger partial charge in [0.05, 0.1) is 29.7 Å². The minimum atomic E-state index is -4.81. The van der Waals surface area contributed by atoms with E-state index in [0.717, 1.165) is 7.05 Å². The summed E-state index contributed by atoms with van der Waals surface area (Å²) in [6, 6.07) is 5.43. The van der Waals surface area contributed by atoms with Gasteiger partial charge >= 0.3 is 12.1 Å². The van der Waals surface area contributed by atoms with E-state index in [1.54, 1.807) is 19.9 Å². The number of pyridine rings is 1. The van der Waals surface area contributed by atoms with Gasteiger partial charge in [-0.3, -0.25) is 9.36 Å². The first kappa shape index (κ1) is 22.5. The fourth-order valence-corrected chi connectivity index (χ4v) is 3.40. The second-order valence-corrected chi connectivity index (χ2v) is 7.32. The van der Waals surface area contributed by atoms with E-state index in [9.17, 15) is 22.8 Å². The summed E-state index contributed by atoms with van der Waals surface area (Å²) < 4.78 is 45.5. The van der Waals surface area contributed by atoms with E-state index in [1.165, 1.54) is 25.3 Å². The summed E-state index contributed by atoms with van der Waals surface area (Å²) in [7, 11) is 2.22. The molecule has 0 spiro atoms. The number of hydrogen-bond donors (Lipinski definition) is 1. The van der Waals surface area contributed by atoms with Crippen molar-refractivity contribution < 1.29 is 22.7 Å². The Labute approximate surface area is 179 Å². The number of carbonyl (C=O) groups excluding carboxylic acids is 1. The van der Waals surface area contributed by atoms with Crippen LogP contribution in [0.4, 0.5) is 18.9 Å². The Morgan fingerprint density at radius 2 is 1.94 bits per heavy atom. The van der Waals surface area contributed by atoms with Crippen LogP contribution in [0.2, 0.25) is 5.15 Å². The highest BCUT2D eigenvalue weighted by Gasteiger charge is 2.37. The van der Waals surface area contributed by atoms with Crippen LogP contribution >= 0.6 is 11.6 Å². The topological polar surface area (TPSA) is 86.1 Å². The summed E-state index contributed by atoms with van der Waals surface area (Å²) in [5, 5.41) is 3.15. The second-order valence-electron chi connectivity index (χ2n) is 6.94. The molecule has 31 heavy (non-hydrogen) atoms. The molecule has 7 nitrogen and oxygen atoms in total. The minimum absolute atomic E-state index is 0.0570. The number of alkyl halides is 3. The predicted molar refractivity (Wildman–Crippen MR) is 109 cm³/mol. The zero-order chi connectivity index (χ0) is 23.1. The number of halogens is 4. The Bertz CT molecular complexity index is 1240. The van der Waals surface area contributed by atoms with E-state index in [-0.39, 0.29) is 27.4 Å². The molecule has 1 N–H and O–H groups in total. The van der Waals surface area contributed by atoms with Gasteiger partial charge in [0.25, 0.3) is 5.56 Å². The van der Waals surface area contributed by atoms with Crippen molar-refractivity contribution in [2.75, 3.05) is 12.4 Å². The molecule has 11 heteroatoms. The van der Waals surface area contributed by atoms with Crippen LogP contribution in [-0.2, 0) is 18.0 Å². The molecule has 3 aromatic rings. The van der Waals surface area contributed by atoms with E-state index in [2.05, 4.69) is 15.3 Å². The quantitative estimate of drug-likeness (QED) is 0.468. The Morgan fingerprint density at radius 3 is 2.55 bits per heavy atom. The molecule has 0 aliphatic rings. The fraction of sp³-hybridized carbons (Fsp3) is 0.300. The van der Waals surface area contributed by atoms with Gasteiger partial charge in [0.15, 0.2) is 5.69 Å². The minimum Gasteiger partial charge on any atom is -0.464 e. The number of rotatable bonds is 4. The maximum absolute atomic E-state index is 13.4. The zero-order valence-corrected chi connectivity index (χ0v) is 17.7. The van der Waals surface area contributed by atoms with Crippen molar-refractivity contribution in [1.29, 1.82) is 0 Å². The van der Waals surface area contributed by atoms with Crippen molar-refractivity contribution >= 4 is 34.2 Å². The number of aromatic nitrogens is 3. The summed E-state index contributed by atoms with van der Waals surface area (Å²) in [6.07, 6.45) is -4.81. The maximum Gasteiger partial charge on any atom is 0.449 e. The SMILES string of the molecule is COC(=O)c1nc(Cl)ccc1N[C@H](C)c1cc(C)cc2c(=O)n(C)c(C(F)(F)F)nc12. The number of fused-ring (bicyclic) bond motifs is 1. The molecule has 0 aliphatic heterocycles. The van der Waals surface area contributed by atoms with Gasteiger partial charge in [-0.05, 0) is 37.6 Å². The first-order valence-corrected chi connectivity index (χ1v) is 9.41. The third kappa shape index (κ3) is 4.34. The average Bonchev–Trinajstić information content (AvgIpc) is 2.70. The van der Waals surface area contributed by atoms with Gasteiger partial charge in [0.1, 0.15) is 5.15 Å². The van der Waals surface area contributed by atoms with Gasteiger partial charge in [-0.1, -0.05) is 17.7 Å². The molecule has 3 rings (SSSR count). The lowest BCUT2D eigenvalue weighted by molar-refractivity contribution is -0.147. The van der Waals surface area contributed by atoms with Gasteiger partial charge in [0.2, 0.25) is 5.82 Å². The molecule has 2 heterocycles. The van der Waals surface area contributed by atoms with Crippen molar-refractivity contribution in [2.45, 2.75) is 26.1 Å². The monoisotopic (exact) mass is 454 g/mol. The van der Waals surface area contributed by atoms with E-state index >= 15 is 0 Å². The molecule has 0 saturated carbocycles. The lowest BCUT2D eigenvalue weighted by Gasteiger charge is -2.20. The van der Waals surface area contributed by atoms with E-state index in [4.69, 9.17) is 16.3 Å². The van der Waals surface area contributed by atoms with E-state index < -0.39 is 29.6 Å². The number of benzene rings is 1. The smallest absolute Gasteiger partial charge is 0.449 e. The van der Waals surface area contributed by atoms with Crippen LogP contribution in [-0.4, -0.2) is 27.6 Å². The average molecular weight is 455 g/mol. The molecule has 0 fully saturated rings. The lowest BCUT2D eigenvalue weighted by Crippen LogP contribution is -2.28. The maximum atomic E-state index is 13.4. The van der Waals surface area contributed by atoms with Crippen molar-refractivity contribution in [1.82, 2.24) is 14.5 Å². The molecule has 164 valence electrons. The zero-order valence-electron chi connectivity index (χ0n) is 17.0. The van der Waals surface area contributed by atoms with Crippen LogP contribution in [0, 0.1) is 6.92 Å². The van der Waals surface area contributed by atoms with Gasteiger partial charge in [-0.15, -0.1) is 0 Å². The fourth-order valence-electron chi connectivity index (χ4n) is 3.25. The predicted octanol–water partition coefficient (Wildman–Crippen LogP) is 4.27. The van der Waals surface area contributed by atoms with Crippen LogP contribution < -0.4 is 10.9 Å². The summed E-state index contributed by atoms with van der Waals surface area (Å²) >= 11 is 5.86. The Balaban J connectivity index is 2.18. The highest BCUT2D eigenvalue weighted by Crippen LogP contribution is 2.31. The Morgan fingerprint density at radius 1 is 1.26 bits per heavy atom. The lowest BCUT2D eigenvalue weighted by atomic mass is 10.0. The van der Waals surface area contributed by atoms with Gasteiger partial charge in [0, 0.05) is 12.6 Å². The molecular formula is C20H18ClF3N4O3. The van der Waals surface area contributed by atoms with Crippen molar-refractivity contribution in [3.8, 4) is 0 Å². The number of methoxy groups -OCH3 is 1. The summed E-state index contributed by atoms with van der Waals surface area (Å²) in [5.74, 6) is -2.04. The first-order valence-electron chi connectivity index (χ1n) is 9.04. The van der Waals surface area contributed by atoms with Gasteiger partial charge < -0.3 is 10.1 Å². The largest absolute Gasteiger partial charge is 0.464 e. The van der Waals surface area contributed by atoms with E-state index in [1.807, 2.05) is 0 Å². The molecule has 0 radical (unpaired) electrons. The standard InChI is InChI=1S/C20H18ClF3N4O3/c1-9-7-11(10(2)25-13-5-6-14(21)26-16(13)18(30)31-4)15-12(8-9)17(29)28(3)19(27-15)20(22,23)24/h5-8,10,25H,1-4H3/t10-/m1/s1. The number of aryl methyl sites for hydroxylation is 1. The highest BCUT2D eigenvalue weighted by atomic mass is 35.5. The number of ether oxygens (including phenoxy) is 1. The molecule has 0 amide bonds. The third-order valence-corrected chi connectivity index (χ3v) is 4.90. The highest BCUT2D eigenvalue weighted by molar-refractivity contribution is 6.29. The number of anilines is 1. The van der Waals surface area contributed by atoms with Crippen LogP contribution in [0.1, 0.15) is 40.4 Å². The van der Waals surface area contributed by atoms with Crippen molar-refractivity contribution in [2.24, 2.45) is 7.05 Å². The number of esters is 1. The van der Waals surface area contributed by atoms with Gasteiger partial charge in [-0.2, -0.15) is 13.2 Å². The van der Waals surface area contributed by atoms with Gasteiger partial charge in [-0.25, -0.2) is 14.8 Å². The molecule has 2 aromatic heterocycles. The molecule has 1 aromatic carbocycles. The summed E-state index contributed by atoms with van der Waals surface area (Å²) in [4.78, 5) is 32.4.